The van der Waals surface area contributed by atoms with Crippen LogP contribution in [-0.4, -0.2) is 83.0 Å². The number of carbonyl (C=O) groups excluding carboxylic acids is 3. The molecular formula is C22H34N2O7. The van der Waals surface area contributed by atoms with E-state index in [1.807, 2.05) is 13.8 Å². The molecule has 0 saturated carbocycles. The fraction of sp³-hybridized carbons (Fsp3) is 0.591. The van der Waals surface area contributed by atoms with E-state index in [2.05, 4.69) is 10.6 Å². The van der Waals surface area contributed by atoms with E-state index in [-0.39, 0.29) is 30.3 Å². The Morgan fingerprint density at radius 1 is 0.774 bits per heavy atom. The van der Waals surface area contributed by atoms with Crippen LogP contribution in [-0.2, 0) is 23.7 Å². The van der Waals surface area contributed by atoms with Crippen molar-refractivity contribution in [3.05, 3.63) is 35.4 Å². The van der Waals surface area contributed by atoms with Crippen molar-refractivity contribution in [3.8, 4) is 0 Å². The van der Waals surface area contributed by atoms with Gasteiger partial charge in [0.25, 0.3) is 5.91 Å². The summed E-state index contributed by atoms with van der Waals surface area (Å²) in [7, 11) is 0. The van der Waals surface area contributed by atoms with Crippen LogP contribution in [0.2, 0.25) is 0 Å². The van der Waals surface area contributed by atoms with Crippen molar-refractivity contribution in [1.82, 2.24) is 10.6 Å². The van der Waals surface area contributed by atoms with Gasteiger partial charge in [-0.2, -0.15) is 0 Å². The van der Waals surface area contributed by atoms with Crippen molar-refractivity contribution in [3.63, 3.8) is 0 Å². The smallest absolute Gasteiger partial charge is 0.251 e. The summed E-state index contributed by atoms with van der Waals surface area (Å²) >= 11 is 0. The number of ketones is 1. The number of amides is 2. The topological polar surface area (TPSA) is 112 Å². The van der Waals surface area contributed by atoms with Crippen molar-refractivity contribution in [2.75, 3.05) is 59.3 Å². The molecule has 0 spiro atoms. The van der Waals surface area contributed by atoms with Crippen LogP contribution in [0.5, 0.6) is 0 Å². The highest BCUT2D eigenvalue weighted by Gasteiger charge is 2.06. The first-order chi connectivity index (χ1) is 14.9. The van der Waals surface area contributed by atoms with Crippen molar-refractivity contribution in [2.45, 2.75) is 26.9 Å². The van der Waals surface area contributed by atoms with Gasteiger partial charge in [-0.1, -0.05) is 12.1 Å². The molecule has 9 nitrogen and oxygen atoms in total. The quantitative estimate of drug-likeness (QED) is 0.278. The van der Waals surface area contributed by atoms with Crippen molar-refractivity contribution < 1.29 is 33.3 Å². The lowest BCUT2D eigenvalue weighted by atomic mass is 10.1. The Bertz CT molecular complexity index is 662. The van der Waals surface area contributed by atoms with Crippen molar-refractivity contribution >= 4 is 17.6 Å². The normalized spacial score (nSPS) is 10.8. The zero-order valence-corrected chi connectivity index (χ0v) is 18.6. The number of nitrogens with one attached hydrogen (secondary N) is 2. The standard InChI is InChI=1S/C22H34N2O7/c1-17(2)31-16-21(26)23-8-10-28-12-14-30-15-13-29-11-9-24-22(27)20-6-4-19(5-7-20)18(3)25/h4-7,17H,8-16H2,1-3H3,(H,23,26)(H,24,27). The van der Waals surface area contributed by atoms with Gasteiger partial charge in [0, 0.05) is 24.2 Å². The molecule has 0 saturated heterocycles. The predicted molar refractivity (Wildman–Crippen MR) is 115 cm³/mol. The van der Waals surface area contributed by atoms with Gasteiger partial charge in [0.2, 0.25) is 5.91 Å². The summed E-state index contributed by atoms with van der Waals surface area (Å²) in [6, 6.07) is 6.51. The fourth-order valence-corrected chi connectivity index (χ4v) is 2.29. The summed E-state index contributed by atoms with van der Waals surface area (Å²) in [4.78, 5) is 34.6. The minimum Gasteiger partial charge on any atom is -0.377 e. The van der Waals surface area contributed by atoms with Gasteiger partial charge in [0.15, 0.2) is 5.78 Å². The van der Waals surface area contributed by atoms with E-state index >= 15 is 0 Å². The average Bonchev–Trinajstić information content (AvgIpc) is 2.75. The minimum atomic E-state index is -0.212. The van der Waals surface area contributed by atoms with E-state index in [1.54, 1.807) is 24.3 Å². The highest BCUT2D eigenvalue weighted by atomic mass is 16.5. The first-order valence-corrected chi connectivity index (χ1v) is 10.4. The van der Waals surface area contributed by atoms with E-state index in [0.29, 0.717) is 63.9 Å². The second-order valence-electron chi connectivity index (χ2n) is 6.94. The Kier molecular flexibility index (Phi) is 14.1. The second-order valence-corrected chi connectivity index (χ2v) is 6.94. The number of carbonyl (C=O) groups is 3. The molecule has 0 unspecified atom stereocenters. The second kappa shape index (κ2) is 16.4. The molecule has 2 amide bonds. The third kappa shape index (κ3) is 13.6. The summed E-state index contributed by atoms with van der Waals surface area (Å²) in [6.07, 6.45) is 0.0272. The summed E-state index contributed by atoms with van der Waals surface area (Å²) in [5.41, 5.74) is 1.07. The van der Waals surface area contributed by atoms with E-state index < -0.39 is 0 Å². The zero-order valence-electron chi connectivity index (χ0n) is 18.6. The van der Waals surface area contributed by atoms with E-state index in [1.165, 1.54) is 6.92 Å². The van der Waals surface area contributed by atoms with Gasteiger partial charge in [-0.3, -0.25) is 14.4 Å². The number of hydrogen-bond acceptors (Lipinski definition) is 7. The Morgan fingerprint density at radius 3 is 1.77 bits per heavy atom. The molecule has 9 heteroatoms. The maximum absolute atomic E-state index is 12.0. The largest absolute Gasteiger partial charge is 0.377 e. The summed E-state index contributed by atoms with van der Waals surface area (Å²) in [5, 5.41) is 5.45. The van der Waals surface area contributed by atoms with Crippen LogP contribution in [0.3, 0.4) is 0 Å². The molecule has 0 radical (unpaired) electrons. The zero-order chi connectivity index (χ0) is 22.9. The molecule has 174 valence electrons. The summed E-state index contributed by atoms with van der Waals surface area (Å²) in [6.45, 7) is 8.56. The van der Waals surface area contributed by atoms with Gasteiger partial charge in [0.1, 0.15) is 6.61 Å². The highest BCUT2D eigenvalue weighted by Crippen LogP contribution is 2.05. The Labute approximate surface area is 183 Å². The van der Waals surface area contributed by atoms with Crippen LogP contribution >= 0.6 is 0 Å². The number of ether oxygens (including phenoxy) is 4. The summed E-state index contributed by atoms with van der Waals surface area (Å²) < 4.78 is 21.3. The average molecular weight is 439 g/mol. The Morgan fingerprint density at radius 2 is 1.26 bits per heavy atom. The number of benzene rings is 1. The molecule has 0 bridgehead atoms. The lowest BCUT2D eigenvalue weighted by Crippen LogP contribution is -2.31. The molecule has 0 atom stereocenters. The molecule has 1 aromatic rings. The fourth-order valence-electron chi connectivity index (χ4n) is 2.29. The van der Waals surface area contributed by atoms with E-state index in [4.69, 9.17) is 18.9 Å². The van der Waals surface area contributed by atoms with Crippen LogP contribution < -0.4 is 10.6 Å². The lowest BCUT2D eigenvalue weighted by Gasteiger charge is -2.09. The Hall–Kier alpha value is -2.33. The van der Waals surface area contributed by atoms with Gasteiger partial charge in [-0.05, 0) is 32.9 Å². The monoisotopic (exact) mass is 438 g/mol. The number of Topliss-reactive ketones (excluding diaryl/α,β-unsaturated/α-hetero) is 1. The van der Waals surface area contributed by atoms with Gasteiger partial charge in [0.05, 0.1) is 45.7 Å². The minimum absolute atomic E-state index is 0.0272. The van der Waals surface area contributed by atoms with Crippen LogP contribution in [0.25, 0.3) is 0 Å². The van der Waals surface area contributed by atoms with Gasteiger partial charge in [-0.25, -0.2) is 0 Å². The third-order valence-electron chi connectivity index (χ3n) is 3.95. The van der Waals surface area contributed by atoms with Crippen LogP contribution in [0.15, 0.2) is 24.3 Å². The van der Waals surface area contributed by atoms with Gasteiger partial charge in [-0.15, -0.1) is 0 Å². The van der Waals surface area contributed by atoms with E-state index in [0.717, 1.165) is 0 Å². The lowest BCUT2D eigenvalue weighted by molar-refractivity contribution is -0.127. The maximum atomic E-state index is 12.0. The first kappa shape index (κ1) is 26.7. The maximum Gasteiger partial charge on any atom is 0.251 e. The summed E-state index contributed by atoms with van der Waals surface area (Å²) in [5.74, 6) is -0.408. The molecule has 0 aliphatic heterocycles. The predicted octanol–water partition coefficient (Wildman–Crippen LogP) is 1.21. The van der Waals surface area contributed by atoms with Crippen LogP contribution in [0.4, 0.5) is 0 Å². The van der Waals surface area contributed by atoms with Crippen LogP contribution in [0.1, 0.15) is 41.5 Å². The molecule has 0 heterocycles. The molecule has 0 fully saturated rings. The van der Waals surface area contributed by atoms with Crippen molar-refractivity contribution in [2.24, 2.45) is 0 Å². The molecule has 0 aliphatic rings. The molecule has 1 rings (SSSR count). The molecule has 2 N–H and O–H groups in total. The molecule has 0 aromatic heterocycles. The number of rotatable bonds is 17. The molecule has 1 aromatic carbocycles. The molecular weight excluding hydrogens is 404 g/mol. The highest BCUT2D eigenvalue weighted by molar-refractivity contribution is 5.97. The van der Waals surface area contributed by atoms with Crippen LogP contribution in [0, 0.1) is 0 Å². The molecule has 0 aliphatic carbocycles. The van der Waals surface area contributed by atoms with Gasteiger partial charge < -0.3 is 29.6 Å². The van der Waals surface area contributed by atoms with Crippen molar-refractivity contribution in [1.29, 1.82) is 0 Å². The van der Waals surface area contributed by atoms with E-state index in [9.17, 15) is 14.4 Å². The first-order valence-electron chi connectivity index (χ1n) is 10.4. The molecule has 31 heavy (non-hydrogen) atoms. The van der Waals surface area contributed by atoms with Gasteiger partial charge >= 0.3 is 0 Å². The Balaban J connectivity index is 1.89. The SMILES string of the molecule is CC(=O)c1ccc(C(=O)NCCOCCOCCOCCNC(=O)COC(C)C)cc1. The third-order valence-corrected chi connectivity index (χ3v) is 3.95. The number of hydrogen-bond donors (Lipinski definition) is 2.